The topological polar surface area (TPSA) is 42.2 Å². The van der Waals surface area contributed by atoms with E-state index in [1.54, 1.807) is 0 Å². The van der Waals surface area contributed by atoms with E-state index in [2.05, 4.69) is 15.0 Å². The van der Waals surface area contributed by atoms with Crippen LogP contribution < -0.4 is 0 Å². The Bertz CT molecular complexity index is 743. The third-order valence-corrected chi connectivity index (χ3v) is 4.36. The number of nitrogens with zero attached hydrogens (tertiary/aromatic N) is 3. The summed E-state index contributed by atoms with van der Waals surface area (Å²) in [5.74, 6) is -0.102. The molecule has 0 amide bonds. The second-order valence-electron chi connectivity index (χ2n) is 6.33. The molecule has 142 valence electrons. The van der Waals surface area contributed by atoms with E-state index < -0.39 is 23.5 Å². The lowest BCUT2D eigenvalue weighted by Crippen LogP contribution is -2.29. The lowest BCUT2D eigenvalue weighted by molar-refractivity contribution is -0.143. The number of hydrogen-bond donors (Lipinski definition) is 0. The lowest BCUT2D eigenvalue weighted by Gasteiger charge is -2.26. The van der Waals surface area contributed by atoms with E-state index in [1.165, 1.54) is 0 Å². The fourth-order valence-electron chi connectivity index (χ4n) is 2.86. The summed E-state index contributed by atoms with van der Waals surface area (Å²) in [5, 5.41) is 3.59. The van der Waals surface area contributed by atoms with E-state index in [0.29, 0.717) is 12.1 Å². The minimum atomic E-state index is -4.92. The van der Waals surface area contributed by atoms with Crippen LogP contribution in [-0.4, -0.2) is 35.2 Å². The molecule has 1 aliphatic heterocycles. The summed E-state index contributed by atoms with van der Waals surface area (Å²) < 4.78 is 82.8. The van der Waals surface area contributed by atoms with E-state index in [0.717, 1.165) is 25.9 Å². The number of likely N-dealkylation sites (tertiary alicyclic amines) is 1. The highest BCUT2D eigenvalue weighted by molar-refractivity contribution is 5.58. The standard InChI is InChI=1S/C16H15F6N3O/c1-25-4-2-9(3-5-25)14-23-13(24-26-14)10-6-11(15(17,18)19)8-12(7-10)16(20,21)22/h6-9H,2-5H2,1H3. The average Bonchev–Trinajstić information content (AvgIpc) is 3.03. The molecule has 1 aromatic heterocycles. The van der Waals surface area contributed by atoms with Gasteiger partial charge < -0.3 is 9.42 Å². The predicted molar refractivity (Wildman–Crippen MR) is 79.2 cm³/mol. The van der Waals surface area contributed by atoms with Crippen LogP contribution >= 0.6 is 0 Å². The van der Waals surface area contributed by atoms with Crippen LogP contribution in [0.4, 0.5) is 26.3 Å². The zero-order valence-corrected chi connectivity index (χ0v) is 13.7. The zero-order chi connectivity index (χ0) is 19.1. The predicted octanol–water partition coefficient (Wildman–Crippen LogP) is 4.58. The largest absolute Gasteiger partial charge is 0.416 e. The molecule has 2 aromatic rings. The monoisotopic (exact) mass is 379 g/mol. The van der Waals surface area contributed by atoms with Gasteiger partial charge in [0.2, 0.25) is 11.7 Å². The highest BCUT2D eigenvalue weighted by Gasteiger charge is 2.37. The minimum absolute atomic E-state index is 0.0552. The van der Waals surface area contributed by atoms with Crippen LogP contribution in [0, 0.1) is 0 Å². The number of halogens is 6. The van der Waals surface area contributed by atoms with Crippen LogP contribution in [0.15, 0.2) is 22.7 Å². The molecule has 1 aromatic carbocycles. The Morgan fingerprint density at radius 1 is 0.962 bits per heavy atom. The summed E-state index contributed by atoms with van der Waals surface area (Å²) in [4.78, 5) is 6.15. The van der Waals surface area contributed by atoms with E-state index in [9.17, 15) is 26.3 Å². The first-order valence-electron chi connectivity index (χ1n) is 7.86. The maximum atomic E-state index is 12.9. The zero-order valence-electron chi connectivity index (χ0n) is 13.7. The highest BCUT2D eigenvalue weighted by Crippen LogP contribution is 2.38. The van der Waals surface area contributed by atoms with Crippen molar-refractivity contribution in [2.45, 2.75) is 31.1 Å². The van der Waals surface area contributed by atoms with Crippen LogP contribution in [0.5, 0.6) is 0 Å². The van der Waals surface area contributed by atoms with Gasteiger partial charge in [0.25, 0.3) is 0 Å². The third-order valence-electron chi connectivity index (χ3n) is 4.36. The van der Waals surface area contributed by atoms with E-state index in [1.807, 2.05) is 7.05 Å². The van der Waals surface area contributed by atoms with Gasteiger partial charge in [-0.05, 0) is 51.2 Å². The molecule has 1 fully saturated rings. The summed E-state index contributed by atoms with van der Waals surface area (Å²) in [5.41, 5.74) is -3.20. The van der Waals surface area contributed by atoms with Crippen LogP contribution in [0.1, 0.15) is 35.8 Å². The van der Waals surface area contributed by atoms with Crippen molar-refractivity contribution < 1.29 is 30.9 Å². The number of aromatic nitrogens is 2. The molecule has 10 heteroatoms. The first kappa shape index (κ1) is 18.7. The third kappa shape index (κ3) is 4.00. The number of alkyl halides is 6. The van der Waals surface area contributed by atoms with E-state index in [-0.39, 0.29) is 29.3 Å². The molecule has 0 spiro atoms. The van der Waals surface area contributed by atoms with Gasteiger partial charge in [0.15, 0.2) is 0 Å². The van der Waals surface area contributed by atoms with Gasteiger partial charge in [0.1, 0.15) is 0 Å². The Morgan fingerprint density at radius 3 is 2.00 bits per heavy atom. The number of hydrogen-bond acceptors (Lipinski definition) is 4. The molecule has 0 N–H and O–H groups in total. The molecule has 4 nitrogen and oxygen atoms in total. The fraction of sp³-hybridized carbons (Fsp3) is 0.500. The highest BCUT2D eigenvalue weighted by atomic mass is 19.4. The Hall–Kier alpha value is -2.10. The van der Waals surface area contributed by atoms with Crippen molar-refractivity contribution in [2.24, 2.45) is 0 Å². The molecular formula is C16H15F6N3O. The van der Waals surface area contributed by atoms with Gasteiger partial charge in [0, 0.05) is 11.5 Å². The molecule has 26 heavy (non-hydrogen) atoms. The smallest absolute Gasteiger partial charge is 0.339 e. The van der Waals surface area contributed by atoms with Crippen LogP contribution in [0.25, 0.3) is 11.4 Å². The molecule has 0 saturated carbocycles. The van der Waals surface area contributed by atoms with Gasteiger partial charge in [0.05, 0.1) is 11.1 Å². The molecule has 0 atom stereocenters. The summed E-state index contributed by atoms with van der Waals surface area (Å²) in [6.45, 7) is 1.59. The van der Waals surface area contributed by atoms with Crippen molar-refractivity contribution in [3.63, 3.8) is 0 Å². The van der Waals surface area contributed by atoms with Gasteiger partial charge in [-0.15, -0.1) is 0 Å². The van der Waals surface area contributed by atoms with Crippen molar-refractivity contribution >= 4 is 0 Å². The molecule has 0 unspecified atom stereocenters. The maximum Gasteiger partial charge on any atom is 0.416 e. The lowest BCUT2D eigenvalue weighted by atomic mass is 9.97. The van der Waals surface area contributed by atoms with E-state index >= 15 is 0 Å². The minimum Gasteiger partial charge on any atom is -0.339 e. The Labute approximate surface area is 144 Å². The SMILES string of the molecule is CN1CCC(c2nc(-c3cc(C(F)(F)F)cc(C(F)(F)F)c3)no2)CC1. The average molecular weight is 379 g/mol. The number of benzene rings is 1. The van der Waals surface area contributed by atoms with Gasteiger partial charge in [-0.1, -0.05) is 5.16 Å². The van der Waals surface area contributed by atoms with Crippen molar-refractivity contribution in [2.75, 3.05) is 20.1 Å². The van der Waals surface area contributed by atoms with Gasteiger partial charge in [-0.25, -0.2) is 0 Å². The molecule has 1 saturated heterocycles. The molecule has 0 aliphatic carbocycles. The van der Waals surface area contributed by atoms with Crippen molar-refractivity contribution in [3.05, 3.63) is 35.2 Å². The van der Waals surface area contributed by atoms with Gasteiger partial charge >= 0.3 is 12.4 Å². The quantitative estimate of drug-likeness (QED) is 0.717. The maximum absolute atomic E-state index is 12.9. The summed E-state index contributed by atoms with van der Waals surface area (Å²) in [7, 11) is 1.96. The molecular weight excluding hydrogens is 364 g/mol. The summed E-state index contributed by atoms with van der Waals surface area (Å²) >= 11 is 0. The summed E-state index contributed by atoms with van der Waals surface area (Å²) in [6, 6.07) is 1.26. The fourth-order valence-corrected chi connectivity index (χ4v) is 2.86. The Morgan fingerprint density at radius 2 is 1.50 bits per heavy atom. The van der Waals surface area contributed by atoms with Crippen molar-refractivity contribution in [1.82, 2.24) is 15.0 Å². The molecule has 1 aliphatic rings. The van der Waals surface area contributed by atoms with Crippen LogP contribution in [-0.2, 0) is 12.4 Å². The van der Waals surface area contributed by atoms with E-state index in [4.69, 9.17) is 4.52 Å². The van der Waals surface area contributed by atoms with Gasteiger partial charge in [-0.3, -0.25) is 0 Å². The Kier molecular flexibility index (Phi) is 4.72. The molecule has 0 radical (unpaired) electrons. The number of piperidine rings is 1. The number of rotatable bonds is 2. The van der Waals surface area contributed by atoms with Crippen molar-refractivity contribution in [3.8, 4) is 11.4 Å². The Balaban J connectivity index is 1.96. The normalized spacial score (nSPS) is 17.7. The molecule has 2 heterocycles. The molecule has 3 rings (SSSR count). The van der Waals surface area contributed by atoms with Crippen LogP contribution in [0.2, 0.25) is 0 Å². The van der Waals surface area contributed by atoms with Gasteiger partial charge in [-0.2, -0.15) is 31.3 Å². The van der Waals surface area contributed by atoms with Crippen molar-refractivity contribution in [1.29, 1.82) is 0 Å². The second-order valence-corrected chi connectivity index (χ2v) is 6.33. The molecule has 0 bridgehead atoms. The second kappa shape index (κ2) is 6.57. The first-order valence-corrected chi connectivity index (χ1v) is 7.86. The summed E-state index contributed by atoms with van der Waals surface area (Å²) in [6.07, 6.45) is -8.38. The van der Waals surface area contributed by atoms with Crippen LogP contribution in [0.3, 0.4) is 0 Å². The first-order chi connectivity index (χ1) is 12.0.